The highest BCUT2D eigenvalue weighted by Crippen LogP contribution is 2.08. The van der Waals surface area contributed by atoms with Gasteiger partial charge in [-0.05, 0) is 30.5 Å². The van der Waals surface area contributed by atoms with Gasteiger partial charge in [-0.15, -0.1) is 6.58 Å². The third kappa shape index (κ3) is 3.40. The molecule has 0 N–H and O–H groups in total. The Balaban J connectivity index is 2.13. The number of unbranched alkanes of at least 4 members (excludes halogenated alkanes) is 1. The number of allylic oxidation sites excluding steroid dienone is 1. The molecule has 0 spiro atoms. The van der Waals surface area contributed by atoms with Crippen LogP contribution in [0.15, 0.2) is 46.2 Å². The standard InChI is InChI=1S/C14H15FN2O2/c1-2-3-4-9-17-13(16-19-14(17)18)10-11-5-7-12(15)8-6-11/h2,5-8H,1,3-4,9-10H2. The SMILES string of the molecule is C=CCCCn1c(Cc2ccc(F)cc2)noc1=O. The second-order valence-electron chi connectivity index (χ2n) is 4.25. The van der Waals surface area contributed by atoms with Crippen LogP contribution < -0.4 is 5.76 Å². The van der Waals surface area contributed by atoms with E-state index in [9.17, 15) is 9.18 Å². The Morgan fingerprint density at radius 1 is 1.37 bits per heavy atom. The van der Waals surface area contributed by atoms with Gasteiger partial charge < -0.3 is 0 Å². The predicted octanol–water partition coefficient (Wildman–Crippen LogP) is 2.53. The molecule has 100 valence electrons. The van der Waals surface area contributed by atoms with Gasteiger partial charge in [-0.2, -0.15) is 0 Å². The lowest BCUT2D eigenvalue weighted by molar-refractivity contribution is 0.372. The van der Waals surface area contributed by atoms with E-state index in [2.05, 4.69) is 16.3 Å². The Hall–Kier alpha value is -2.17. The zero-order valence-electron chi connectivity index (χ0n) is 10.5. The first kappa shape index (κ1) is 13.3. The molecule has 0 amide bonds. The van der Waals surface area contributed by atoms with E-state index in [1.165, 1.54) is 16.7 Å². The van der Waals surface area contributed by atoms with Gasteiger partial charge in [0.05, 0.1) is 0 Å². The van der Waals surface area contributed by atoms with Gasteiger partial charge in [0.15, 0.2) is 5.82 Å². The van der Waals surface area contributed by atoms with Crippen LogP contribution in [0.3, 0.4) is 0 Å². The van der Waals surface area contributed by atoms with Gasteiger partial charge >= 0.3 is 5.76 Å². The van der Waals surface area contributed by atoms with Crippen molar-refractivity contribution in [1.29, 1.82) is 0 Å². The van der Waals surface area contributed by atoms with Gasteiger partial charge in [0.1, 0.15) is 5.82 Å². The Bertz CT molecular complexity index is 599. The highest BCUT2D eigenvalue weighted by molar-refractivity contribution is 5.19. The molecule has 0 aliphatic rings. The second-order valence-corrected chi connectivity index (χ2v) is 4.25. The fraction of sp³-hybridized carbons (Fsp3) is 0.286. The van der Waals surface area contributed by atoms with E-state index in [4.69, 9.17) is 0 Å². The van der Waals surface area contributed by atoms with Gasteiger partial charge in [-0.25, -0.2) is 9.18 Å². The van der Waals surface area contributed by atoms with E-state index in [1.54, 1.807) is 18.2 Å². The van der Waals surface area contributed by atoms with Crippen LogP contribution in [0.5, 0.6) is 0 Å². The van der Waals surface area contributed by atoms with Crippen molar-refractivity contribution in [3.8, 4) is 0 Å². The molecule has 2 aromatic rings. The molecule has 0 aliphatic heterocycles. The maximum atomic E-state index is 12.8. The Morgan fingerprint density at radius 2 is 2.11 bits per heavy atom. The third-order valence-electron chi connectivity index (χ3n) is 2.83. The lowest BCUT2D eigenvalue weighted by Crippen LogP contribution is -2.17. The van der Waals surface area contributed by atoms with Crippen LogP contribution in [0.25, 0.3) is 0 Å². The maximum absolute atomic E-state index is 12.8. The Kier molecular flexibility index (Phi) is 4.28. The molecule has 1 aromatic heterocycles. The van der Waals surface area contributed by atoms with Crippen LogP contribution in [0, 0.1) is 5.82 Å². The number of rotatable bonds is 6. The lowest BCUT2D eigenvalue weighted by atomic mass is 10.1. The van der Waals surface area contributed by atoms with Crippen molar-refractivity contribution in [3.05, 3.63) is 64.7 Å². The first-order chi connectivity index (χ1) is 9.20. The molecule has 0 saturated carbocycles. The lowest BCUT2D eigenvalue weighted by Gasteiger charge is -2.03. The normalized spacial score (nSPS) is 10.6. The van der Waals surface area contributed by atoms with Crippen molar-refractivity contribution in [3.63, 3.8) is 0 Å². The summed E-state index contributed by atoms with van der Waals surface area (Å²) in [5.74, 6) is -0.186. The van der Waals surface area contributed by atoms with E-state index in [0.29, 0.717) is 18.8 Å². The molecule has 19 heavy (non-hydrogen) atoms. The van der Waals surface area contributed by atoms with Crippen LogP contribution in [-0.4, -0.2) is 9.72 Å². The first-order valence-corrected chi connectivity index (χ1v) is 6.11. The summed E-state index contributed by atoms with van der Waals surface area (Å²) in [5.41, 5.74) is 0.882. The van der Waals surface area contributed by atoms with Crippen molar-refractivity contribution >= 4 is 0 Å². The quantitative estimate of drug-likeness (QED) is 0.593. The summed E-state index contributed by atoms with van der Waals surface area (Å²) in [6.45, 7) is 4.18. The Labute approximate surface area is 110 Å². The molecule has 0 atom stereocenters. The smallest absolute Gasteiger partial charge is 0.296 e. The first-order valence-electron chi connectivity index (χ1n) is 6.11. The third-order valence-corrected chi connectivity index (χ3v) is 2.83. The highest BCUT2D eigenvalue weighted by atomic mass is 19.1. The van der Waals surface area contributed by atoms with E-state index < -0.39 is 5.76 Å². The second kappa shape index (κ2) is 6.13. The summed E-state index contributed by atoms with van der Waals surface area (Å²) < 4.78 is 19.0. The molecule has 0 fully saturated rings. The molecule has 1 aromatic carbocycles. The minimum Gasteiger partial charge on any atom is -0.296 e. The van der Waals surface area contributed by atoms with Crippen molar-refractivity contribution in [2.24, 2.45) is 0 Å². The molecule has 4 nitrogen and oxygen atoms in total. The monoisotopic (exact) mass is 262 g/mol. The highest BCUT2D eigenvalue weighted by Gasteiger charge is 2.10. The molecule has 0 unspecified atom stereocenters. The molecule has 0 radical (unpaired) electrons. The van der Waals surface area contributed by atoms with E-state index in [0.717, 1.165) is 18.4 Å². The summed E-state index contributed by atoms with van der Waals surface area (Å²) in [6.07, 6.45) is 3.88. The van der Waals surface area contributed by atoms with E-state index in [-0.39, 0.29) is 5.82 Å². The van der Waals surface area contributed by atoms with Crippen LogP contribution in [0.1, 0.15) is 24.2 Å². The summed E-state index contributed by atoms with van der Waals surface area (Å²) in [7, 11) is 0. The number of aromatic nitrogens is 2. The molecule has 0 bridgehead atoms. The number of halogens is 1. The van der Waals surface area contributed by atoms with Crippen molar-refractivity contribution in [1.82, 2.24) is 9.72 Å². The average Bonchev–Trinajstić information content (AvgIpc) is 2.74. The fourth-order valence-corrected chi connectivity index (χ4v) is 1.82. The van der Waals surface area contributed by atoms with Gasteiger partial charge in [-0.3, -0.25) is 9.09 Å². The van der Waals surface area contributed by atoms with E-state index >= 15 is 0 Å². The molecular formula is C14H15FN2O2. The fourth-order valence-electron chi connectivity index (χ4n) is 1.82. The molecule has 0 saturated heterocycles. The minimum absolute atomic E-state index is 0.285. The molecule has 1 heterocycles. The zero-order valence-corrected chi connectivity index (χ0v) is 10.5. The van der Waals surface area contributed by atoms with Crippen molar-refractivity contribution < 1.29 is 8.91 Å². The summed E-state index contributed by atoms with van der Waals surface area (Å²) in [5, 5.41) is 3.77. The van der Waals surface area contributed by atoms with Gasteiger partial charge in [-0.1, -0.05) is 23.4 Å². The minimum atomic E-state index is -0.457. The predicted molar refractivity (Wildman–Crippen MR) is 69.4 cm³/mol. The number of nitrogens with zero attached hydrogens (tertiary/aromatic N) is 2. The Morgan fingerprint density at radius 3 is 2.79 bits per heavy atom. The van der Waals surface area contributed by atoms with Crippen LogP contribution in [0.2, 0.25) is 0 Å². The summed E-state index contributed by atoms with van der Waals surface area (Å²) >= 11 is 0. The summed E-state index contributed by atoms with van der Waals surface area (Å²) in [4.78, 5) is 11.5. The summed E-state index contributed by atoms with van der Waals surface area (Å²) in [6, 6.07) is 6.11. The van der Waals surface area contributed by atoms with E-state index in [1.807, 2.05) is 0 Å². The topological polar surface area (TPSA) is 48.0 Å². The van der Waals surface area contributed by atoms with Crippen LogP contribution in [-0.2, 0) is 13.0 Å². The van der Waals surface area contributed by atoms with Crippen molar-refractivity contribution in [2.45, 2.75) is 25.8 Å². The maximum Gasteiger partial charge on any atom is 0.441 e. The number of hydrogen-bond donors (Lipinski definition) is 0. The number of benzene rings is 1. The average molecular weight is 262 g/mol. The van der Waals surface area contributed by atoms with Crippen molar-refractivity contribution in [2.75, 3.05) is 0 Å². The van der Waals surface area contributed by atoms with Gasteiger partial charge in [0.25, 0.3) is 0 Å². The molecule has 0 aliphatic carbocycles. The molecule has 5 heteroatoms. The molecule has 2 rings (SSSR count). The van der Waals surface area contributed by atoms with Crippen LogP contribution in [0.4, 0.5) is 4.39 Å². The largest absolute Gasteiger partial charge is 0.441 e. The zero-order chi connectivity index (χ0) is 13.7. The van der Waals surface area contributed by atoms with Gasteiger partial charge in [0, 0.05) is 13.0 Å². The van der Waals surface area contributed by atoms with Gasteiger partial charge in [0.2, 0.25) is 0 Å². The van der Waals surface area contributed by atoms with Crippen LogP contribution >= 0.6 is 0 Å². The molecular weight excluding hydrogens is 247 g/mol. The number of hydrogen-bond acceptors (Lipinski definition) is 3.